The highest BCUT2D eigenvalue weighted by atomic mass is 16.1. The summed E-state index contributed by atoms with van der Waals surface area (Å²) in [4.78, 5) is 10.5. The van der Waals surface area contributed by atoms with Gasteiger partial charge >= 0.3 is 0 Å². The molecule has 0 radical (unpaired) electrons. The van der Waals surface area contributed by atoms with Crippen LogP contribution in [0.5, 0.6) is 0 Å². The van der Waals surface area contributed by atoms with Crippen LogP contribution in [-0.4, -0.2) is 6.29 Å². The van der Waals surface area contributed by atoms with Gasteiger partial charge in [-0.1, -0.05) is 25.1 Å². The molecule has 0 saturated carbocycles. The van der Waals surface area contributed by atoms with Crippen LogP contribution in [0, 0.1) is 6.92 Å². The van der Waals surface area contributed by atoms with E-state index in [9.17, 15) is 4.79 Å². The Balaban J connectivity index is 3.15. The molecule has 2 nitrogen and oxygen atoms in total. The van der Waals surface area contributed by atoms with E-state index in [2.05, 4.69) is 0 Å². The summed E-state index contributed by atoms with van der Waals surface area (Å²) in [6, 6.07) is 5.75. The molecule has 64 valence electrons. The van der Waals surface area contributed by atoms with E-state index in [0.29, 0.717) is 0 Å². The molecule has 0 aliphatic carbocycles. The van der Waals surface area contributed by atoms with Crippen molar-refractivity contribution in [3.05, 3.63) is 29.3 Å². The Morgan fingerprint density at radius 2 is 2.17 bits per heavy atom. The smallest absolute Gasteiger partial charge is 0.127 e. The highest BCUT2D eigenvalue weighted by molar-refractivity contribution is 5.68. The summed E-state index contributed by atoms with van der Waals surface area (Å²) in [5.41, 5.74) is 8.48. The van der Waals surface area contributed by atoms with Crippen molar-refractivity contribution in [1.82, 2.24) is 0 Å². The van der Waals surface area contributed by atoms with Crippen LogP contribution in [0.25, 0.3) is 0 Å². The lowest BCUT2D eigenvalue weighted by Crippen LogP contribution is -2.01. The topological polar surface area (TPSA) is 43.1 Å². The van der Waals surface area contributed by atoms with Crippen molar-refractivity contribution in [1.29, 1.82) is 0 Å². The zero-order chi connectivity index (χ0) is 9.14. The third-order valence-electron chi connectivity index (χ3n) is 2.05. The number of rotatable bonds is 2. The summed E-state index contributed by atoms with van der Waals surface area (Å²) in [6.07, 6.45) is 0.908. The third kappa shape index (κ3) is 1.47. The van der Waals surface area contributed by atoms with Gasteiger partial charge in [-0.25, -0.2) is 0 Å². The number of aldehydes is 1. The van der Waals surface area contributed by atoms with Crippen molar-refractivity contribution in [3.8, 4) is 0 Å². The summed E-state index contributed by atoms with van der Waals surface area (Å²) in [5, 5.41) is 0. The predicted octanol–water partition coefficient (Wildman–Crippen LogP) is 1.88. The number of nitrogens with two attached hydrogens (primary N) is 1. The van der Waals surface area contributed by atoms with Crippen LogP contribution in [0.2, 0.25) is 0 Å². The van der Waals surface area contributed by atoms with E-state index in [-0.39, 0.29) is 5.92 Å². The maximum Gasteiger partial charge on any atom is 0.127 e. The Bertz CT molecular complexity index is 294. The average Bonchev–Trinajstić information content (AvgIpc) is 2.08. The molecule has 2 heteroatoms. The molecule has 0 aromatic heterocycles. The van der Waals surface area contributed by atoms with Crippen molar-refractivity contribution in [2.45, 2.75) is 19.8 Å². The first-order valence-corrected chi connectivity index (χ1v) is 3.97. The van der Waals surface area contributed by atoms with E-state index >= 15 is 0 Å². The molecule has 0 spiro atoms. The van der Waals surface area contributed by atoms with Gasteiger partial charge in [0.1, 0.15) is 6.29 Å². The molecule has 1 unspecified atom stereocenters. The lowest BCUT2D eigenvalue weighted by atomic mass is 9.98. The van der Waals surface area contributed by atoms with Crippen LogP contribution >= 0.6 is 0 Å². The lowest BCUT2D eigenvalue weighted by Gasteiger charge is -2.09. The first kappa shape index (κ1) is 8.78. The summed E-state index contributed by atoms with van der Waals surface area (Å²) < 4.78 is 0. The van der Waals surface area contributed by atoms with Crippen LogP contribution in [0.4, 0.5) is 5.69 Å². The first-order chi connectivity index (χ1) is 5.66. The van der Waals surface area contributed by atoms with E-state index in [0.717, 1.165) is 23.1 Å². The fraction of sp³-hybridized carbons (Fsp3) is 0.300. The van der Waals surface area contributed by atoms with Crippen molar-refractivity contribution >= 4 is 12.0 Å². The minimum absolute atomic E-state index is 0.107. The van der Waals surface area contributed by atoms with Crippen molar-refractivity contribution in [2.75, 3.05) is 5.73 Å². The Morgan fingerprint density at radius 1 is 1.50 bits per heavy atom. The van der Waals surface area contributed by atoms with Crippen molar-refractivity contribution < 1.29 is 4.79 Å². The van der Waals surface area contributed by atoms with Crippen molar-refractivity contribution in [2.24, 2.45) is 0 Å². The number of hydrogen-bond acceptors (Lipinski definition) is 2. The minimum Gasteiger partial charge on any atom is -0.398 e. The van der Waals surface area contributed by atoms with E-state index < -0.39 is 0 Å². The molecule has 2 N–H and O–H groups in total. The molecule has 0 bridgehead atoms. The largest absolute Gasteiger partial charge is 0.398 e. The number of benzene rings is 1. The van der Waals surface area contributed by atoms with Crippen LogP contribution in [0.1, 0.15) is 24.0 Å². The molecule has 0 aliphatic heterocycles. The second-order valence-electron chi connectivity index (χ2n) is 3.00. The van der Waals surface area contributed by atoms with Crippen LogP contribution in [0.3, 0.4) is 0 Å². The molecule has 0 heterocycles. The normalized spacial score (nSPS) is 12.5. The van der Waals surface area contributed by atoms with Gasteiger partial charge in [-0.15, -0.1) is 0 Å². The SMILES string of the molecule is Cc1cccc(C(C)C=O)c1N. The molecule has 1 atom stereocenters. The summed E-state index contributed by atoms with van der Waals surface area (Å²) in [7, 11) is 0. The van der Waals surface area contributed by atoms with Gasteiger partial charge in [0.15, 0.2) is 0 Å². The van der Waals surface area contributed by atoms with E-state index in [1.165, 1.54) is 0 Å². The molecular formula is C10H13NO. The van der Waals surface area contributed by atoms with Crippen molar-refractivity contribution in [3.63, 3.8) is 0 Å². The third-order valence-corrected chi connectivity index (χ3v) is 2.05. The molecule has 0 aliphatic rings. The number of carbonyl (C=O) groups is 1. The monoisotopic (exact) mass is 163 g/mol. The average molecular weight is 163 g/mol. The van der Waals surface area contributed by atoms with Gasteiger partial charge in [0, 0.05) is 11.6 Å². The highest BCUT2D eigenvalue weighted by Crippen LogP contribution is 2.22. The van der Waals surface area contributed by atoms with Gasteiger partial charge < -0.3 is 10.5 Å². The zero-order valence-corrected chi connectivity index (χ0v) is 7.37. The molecule has 1 rings (SSSR count). The van der Waals surface area contributed by atoms with Gasteiger partial charge in [0.2, 0.25) is 0 Å². The number of carbonyl (C=O) groups excluding carboxylic acids is 1. The summed E-state index contributed by atoms with van der Waals surface area (Å²) >= 11 is 0. The second kappa shape index (κ2) is 3.39. The lowest BCUT2D eigenvalue weighted by molar-refractivity contribution is -0.108. The van der Waals surface area contributed by atoms with E-state index in [1.807, 2.05) is 32.0 Å². The van der Waals surface area contributed by atoms with Crippen LogP contribution < -0.4 is 5.73 Å². The Hall–Kier alpha value is -1.31. The zero-order valence-electron chi connectivity index (χ0n) is 7.37. The molecular weight excluding hydrogens is 150 g/mol. The van der Waals surface area contributed by atoms with E-state index in [1.54, 1.807) is 0 Å². The molecule has 0 saturated heterocycles. The Kier molecular flexibility index (Phi) is 2.48. The number of aryl methyl sites for hydroxylation is 1. The van der Waals surface area contributed by atoms with Gasteiger partial charge in [-0.3, -0.25) is 0 Å². The molecule has 12 heavy (non-hydrogen) atoms. The quantitative estimate of drug-likeness (QED) is 0.534. The fourth-order valence-electron chi connectivity index (χ4n) is 1.17. The highest BCUT2D eigenvalue weighted by Gasteiger charge is 2.07. The van der Waals surface area contributed by atoms with E-state index in [4.69, 9.17) is 5.73 Å². The number of nitrogen functional groups attached to an aromatic ring is 1. The van der Waals surface area contributed by atoms with Gasteiger partial charge in [-0.2, -0.15) is 0 Å². The molecule has 1 aromatic rings. The van der Waals surface area contributed by atoms with Crippen LogP contribution in [0.15, 0.2) is 18.2 Å². The number of hydrogen-bond donors (Lipinski definition) is 1. The first-order valence-electron chi connectivity index (χ1n) is 3.97. The standard InChI is InChI=1S/C10H13NO/c1-7-4-3-5-9(10(7)11)8(2)6-12/h3-6,8H,11H2,1-2H3. The van der Waals surface area contributed by atoms with Gasteiger partial charge in [-0.05, 0) is 18.1 Å². The summed E-state index contributed by atoms with van der Waals surface area (Å²) in [5.74, 6) is -0.107. The number of para-hydroxylation sites is 1. The maximum absolute atomic E-state index is 10.5. The van der Waals surface area contributed by atoms with Gasteiger partial charge in [0.05, 0.1) is 0 Å². The molecule has 0 amide bonds. The Labute approximate surface area is 72.4 Å². The molecule has 1 aromatic carbocycles. The second-order valence-corrected chi connectivity index (χ2v) is 3.00. The predicted molar refractivity (Wildman–Crippen MR) is 50.1 cm³/mol. The molecule has 0 fully saturated rings. The van der Waals surface area contributed by atoms with Gasteiger partial charge in [0.25, 0.3) is 0 Å². The Morgan fingerprint density at radius 3 is 2.75 bits per heavy atom. The van der Waals surface area contributed by atoms with Crippen LogP contribution in [-0.2, 0) is 4.79 Å². The maximum atomic E-state index is 10.5. The fourth-order valence-corrected chi connectivity index (χ4v) is 1.17. The summed E-state index contributed by atoms with van der Waals surface area (Å²) in [6.45, 7) is 3.79. The number of anilines is 1. The minimum atomic E-state index is -0.107.